The standard InChI is InChI=1S/C21H23N5O3/c1-13-16-10-15(12-22-19(16)25(2)24-13)20(27)23-17-11-14(21(28)29-3)6-7-18(17)26-8-4-5-9-26/h6-7,10-12H,4-5,8-9H2,1-3H3,(H,23,27). The Morgan fingerprint density at radius 3 is 2.62 bits per heavy atom. The van der Waals surface area contributed by atoms with E-state index in [-0.39, 0.29) is 5.91 Å². The maximum atomic E-state index is 13.0. The molecule has 1 aliphatic rings. The third kappa shape index (κ3) is 3.53. The predicted octanol–water partition coefficient (Wildman–Crippen LogP) is 2.92. The van der Waals surface area contributed by atoms with Crippen molar-refractivity contribution < 1.29 is 14.3 Å². The number of anilines is 2. The molecule has 3 heterocycles. The molecular formula is C21H23N5O3. The van der Waals surface area contributed by atoms with Gasteiger partial charge < -0.3 is 15.0 Å². The molecule has 1 amide bonds. The van der Waals surface area contributed by atoms with Crippen LogP contribution in [-0.4, -0.2) is 46.8 Å². The first-order chi connectivity index (χ1) is 14.0. The number of carbonyl (C=O) groups excluding carboxylic acids is 2. The number of nitrogens with one attached hydrogen (secondary N) is 1. The first kappa shape index (κ1) is 18.9. The fourth-order valence-electron chi connectivity index (χ4n) is 3.74. The Hall–Kier alpha value is -3.42. The van der Waals surface area contributed by atoms with Gasteiger partial charge in [0.1, 0.15) is 0 Å². The number of benzene rings is 1. The van der Waals surface area contributed by atoms with Crippen LogP contribution in [0.4, 0.5) is 11.4 Å². The van der Waals surface area contributed by atoms with Crippen LogP contribution in [0.25, 0.3) is 11.0 Å². The number of hydrogen-bond acceptors (Lipinski definition) is 6. The molecule has 0 saturated carbocycles. The van der Waals surface area contributed by atoms with Crippen LogP contribution in [0.1, 0.15) is 39.3 Å². The van der Waals surface area contributed by atoms with Crippen molar-refractivity contribution in [1.82, 2.24) is 14.8 Å². The van der Waals surface area contributed by atoms with Crippen molar-refractivity contribution >= 4 is 34.3 Å². The van der Waals surface area contributed by atoms with Gasteiger partial charge in [-0.1, -0.05) is 0 Å². The van der Waals surface area contributed by atoms with Gasteiger partial charge in [0.25, 0.3) is 5.91 Å². The van der Waals surface area contributed by atoms with E-state index in [0.29, 0.717) is 16.8 Å². The van der Waals surface area contributed by atoms with Crippen molar-refractivity contribution in [2.45, 2.75) is 19.8 Å². The van der Waals surface area contributed by atoms with Gasteiger partial charge in [0.2, 0.25) is 0 Å². The molecule has 1 saturated heterocycles. The first-order valence-electron chi connectivity index (χ1n) is 9.56. The molecule has 2 aromatic heterocycles. The Kier molecular flexibility index (Phi) is 4.92. The number of esters is 1. The van der Waals surface area contributed by atoms with Gasteiger partial charge in [-0.25, -0.2) is 9.78 Å². The molecule has 8 heteroatoms. The van der Waals surface area contributed by atoms with E-state index in [1.807, 2.05) is 20.0 Å². The summed E-state index contributed by atoms with van der Waals surface area (Å²) in [7, 11) is 3.16. The van der Waals surface area contributed by atoms with Crippen molar-refractivity contribution in [3.05, 3.63) is 47.3 Å². The average molecular weight is 393 g/mol. The SMILES string of the molecule is COC(=O)c1ccc(N2CCCC2)c(NC(=O)c2cnc3c(c2)c(C)nn3C)c1. The molecule has 0 radical (unpaired) electrons. The summed E-state index contributed by atoms with van der Waals surface area (Å²) in [5.74, 6) is -0.729. The lowest BCUT2D eigenvalue weighted by molar-refractivity contribution is 0.0600. The van der Waals surface area contributed by atoms with Gasteiger partial charge in [0, 0.05) is 31.7 Å². The highest BCUT2D eigenvalue weighted by molar-refractivity contribution is 6.08. The molecule has 0 unspecified atom stereocenters. The second-order valence-electron chi connectivity index (χ2n) is 7.18. The van der Waals surface area contributed by atoms with Crippen LogP contribution < -0.4 is 10.2 Å². The van der Waals surface area contributed by atoms with Crippen LogP contribution in [0.15, 0.2) is 30.5 Å². The number of pyridine rings is 1. The number of carbonyl (C=O) groups is 2. The molecule has 1 aliphatic heterocycles. The largest absolute Gasteiger partial charge is 0.465 e. The van der Waals surface area contributed by atoms with Crippen LogP contribution in [-0.2, 0) is 11.8 Å². The predicted molar refractivity (Wildman–Crippen MR) is 110 cm³/mol. The van der Waals surface area contributed by atoms with Gasteiger partial charge in [-0.3, -0.25) is 9.48 Å². The molecule has 0 atom stereocenters. The van der Waals surface area contributed by atoms with Gasteiger partial charge in [0.05, 0.1) is 35.3 Å². The third-order valence-corrected chi connectivity index (χ3v) is 5.24. The number of rotatable bonds is 4. The van der Waals surface area contributed by atoms with Crippen LogP contribution >= 0.6 is 0 Å². The summed E-state index contributed by atoms with van der Waals surface area (Å²) in [5, 5.41) is 8.14. The van der Waals surface area contributed by atoms with Gasteiger partial charge in [-0.2, -0.15) is 5.10 Å². The van der Waals surface area contributed by atoms with Gasteiger partial charge in [-0.15, -0.1) is 0 Å². The minimum Gasteiger partial charge on any atom is -0.465 e. The second kappa shape index (κ2) is 7.54. The van der Waals surface area contributed by atoms with E-state index in [1.165, 1.54) is 7.11 Å². The zero-order valence-electron chi connectivity index (χ0n) is 16.7. The maximum absolute atomic E-state index is 13.0. The number of nitrogens with zero attached hydrogens (tertiary/aromatic N) is 4. The van der Waals surface area contributed by atoms with Crippen LogP contribution in [0.2, 0.25) is 0 Å². The molecule has 150 valence electrons. The molecule has 1 fully saturated rings. The fourth-order valence-corrected chi connectivity index (χ4v) is 3.74. The molecule has 0 bridgehead atoms. The van der Waals surface area contributed by atoms with E-state index in [4.69, 9.17) is 4.74 Å². The normalized spacial score (nSPS) is 13.7. The smallest absolute Gasteiger partial charge is 0.337 e. The Labute approximate surface area is 168 Å². The Morgan fingerprint density at radius 1 is 1.14 bits per heavy atom. The first-order valence-corrected chi connectivity index (χ1v) is 9.56. The second-order valence-corrected chi connectivity index (χ2v) is 7.18. The summed E-state index contributed by atoms with van der Waals surface area (Å²) in [5.41, 5.74) is 3.85. The quantitative estimate of drug-likeness (QED) is 0.686. The Bertz CT molecular complexity index is 1100. The van der Waals surface area contributed by atoms with Crippen molar-refractivity contribution in [3.63, 3.8) is 0 Å². The third-order valence-electron chi connectivity index (χ3n) is 5.24. The van der Waals surface area contributed by atoms with Crippen LogP contribution in [0.3, 0.4) is 0 Å². The lowest BCUT2D eigenvalue weighted by atomic mass is 10.1. The minimum absolute atomic E-state index is 0.287. The van der Waals surface area contributed by atoms with Crippen molar-refractivity contribution in [3.8, 4) is 0 Å². The summed E-state index contributed by atoms with van der Waals surface area (Å²) < 4.78 is 6.52. The summed E-state index contributed by atoms with van der Waals surface area (Å²) in [4.78, 5) is 31.5. The monoisotopic (exact) mass is 393 g/mol. The maximum Gasteiger partial charge on any atom is 0.337 e. The van der Waals surface area contributed by atoms with Crippen molar-refractivity contribution in [1.29, 1.82) is 0 Å². The molecule has 1 N–H and O–H groups in total. The van der Waals surface area contributed by atoms with E-state index in [0.717, 1.165) is 48.3 Å². The lowest BCUT2D eigenvalue weighted by Gasteiger charge is -2.22. The fraction of sp³-hybridized carbons (Fsp3) is 0.333. The van der Waals surface area contributed by atoms with Gasteiger partial charge in [-0.05, 0) is 44.0 Å². The number of ether oxygens (including phenoxy) is 1. The molecule has 8 nitrogen and oxygen atoms in total. The highest BCUT2D eigenvalue weighted by Crippen LogP contribution is 2.31. The van der Waals surface area contributed by atoms with E-state index in [1.54, 1.807) is 29.1 Å². The Morgan fingerprint density at radius 2 is 1.90 bits per heavy atom. The van der Waals surface area contributed by atoms with Crippen LogP contribution in [0.5, 0.6) is 0 Å². The lowest BCUT2D eigenvalue weighted by Crippen LogP contribution is -2.21. The molecule has 0 aliphatic carbocycles. The number of aryl methyl sites for hydroxylation is 2. The summed E-state index contributed by atoms with van der Waals surface area (Å²) >= 11 is 0. The van der Waals surface area contributed by atoms with Crippen molar-refractivity contribution in [2.24, 2.45) is 7.05 Å². The number of amides is 1. The Balaban J connectivity index is 1.69. The number of aromatic nitrogens is 3. The minimum atomic E-state index is -0.442. The molecule has 29 heavy (non-hydrogen) atoms. The van der Waals surface area contributed by atoms with Crippen LogP contribution in [0, 0.1) is 6.92 Å². The topological polar surface area (TPSA) is 89.3 Å². The highest BCUT2D eigenvalue weighted by Gasteiger charge is 2.20. The summed E-state index contributed by atoms with van der Waals surface area (Å²) in [6, 6.07) is 7.04. The zero-order valence-corrected chi connectivity index (χ0v) is 16.7. The van der Waals surface area contributed by atoms with E-state index in [2.05, 4.69) is 20.3 Å². The summed E-state index contributed by atoms with van der Waals surface area (Å²) in [6.07, 6.45) is 3.75. The number of hydrogen-bond donors (Lipinski definition) is 1. The highest BCUT2D eigenvalue weighted by atomic mass is 16.5. The van der Waals surface area contributed by atoms with E-state index < -0.39 is 5.97 Å². The number of methoxy groups -OCH3 is 1. The number of fused-ring (bicyclic) bond motifs is 1. The van der Waals surface area contributed by atoms with Crippen molar-refractivity contribution in [2.75, 3.05) is 30.4 Å². The molecule has 4 rings (SSSR count). The molecule has 3 aromatic rings. The zero-order chi connectivity index (χ0) is 20.5. The van der Waals surface area contributed by atoms with E-state index >= 15 is 0 Å². The van der Waals surface area contributed by atoms with Gasteiger partial charge >= 0.3 is 5.97 Å². The van der Waals surface area contributed by atoms with Gasteiger partial charge in [0.15, 0.2) is 5.65 Å². The van der Waals surface area contributed by atoms with E-state index in [9.17, 15) is 9.59 Å². The molecule has 0 spiro atoms. The summed E-state index contributed by atoms with van der Waals surface area (Å²) in [6.45, 7) is 3.72. The molecular weight excluding hydrogens is 370 g/mol. The average Bonchev–Trinajstić information content (AvgIpc) is 3.35. The molecule has 1 aromatic carbocycles.